The molecule has 5 aromatic carbocycles. The third-order valence-electron chi connectivity index (χ3n) is 6.67. The molecule has 0 aliphatic rings. The van der Waals surface area contributed by atoms with Crippen LogP contribution in [0.2, 0.25) is 0 Å². The predicted octanol–water partition coefficient (Wildman–Crippen LogP) is 7.91. The summed E-state index contributed by atoms with van der Waals surface area (Å²) in [4.78, 5) is 0. The average molecular weight is 431 g/mol. The molecule has 0 unspecified atom stereocenters. The lowest BCUT2D eigenvalue weighted by Gasteiger charge is -2.04. The molecule has 32 heavy (non-hydrogen) atoms. The lowest BCUT2D eigenvalue weighted by atomic mass is 10.00. The zero-order chi connectivity index (χ0) is 21.4. The van der Waals surface area contributed by atoms with Crippen molar-refractivity contribution in [2.24, 2.45) is 7.05 Å². The SMILES string of the molecule is Cc1ccccc1-c1sc2c3c(ccc2[n+]1C)oc1cc2ccc4ccccc4c2cc13. The van der Waals surface area contributed by atoms with Crippen molar-refractivity contribution in [3.63, 3.8) is 0 Å². The van der Waals surface area contributed by atoms with Crippen LogP contribution in [-0.4, -0.2) is 0 Å². The summed E-state index contributed by atoms with van der Waals surface area (Å²) in [6.45, 7) is 2.18. The topological polar surface area (TPSA) is 17.0 Å². The molecular formula is C29H20NOS+. The number of thiazole rings is 1. The molecule has 7 rings (SSSR count). The quantitative estimate of drug-likeness (QED) is 0.191. The van der Waals surface area contributed by atoms with Crippen LogP contribution in [0, 0.1) is 6.92 Å². The number of aromatic nitrogens is 1. The minimum Gasteiger partial charge on any atom is -0.456 e. The third kappa shape index (κ3) is 2.37. The van der Waals surface area contributed by atoms with Gasteiger partial charge in [0, 0.05) is 11.5 Å². The van der Waals surface area contributed by atoms with E-state index in [1.54, 1.807) is 0 Å². The van der Waals surface area contributed by atoms with Crippen LogP contribution in [-0.2, 0) is 7.05 Å². The second-order valence-electron chi connectivity index (χ2n) is 8.53. The van der Waals surface area contributed by atoms with E-state index < -0.39 is 0 Å². The Kier molecular flexibility index (Phi) is 3.59. The van der Waals surface area contributed by atoms with Gasteiger partial charge in [-0.05, 0) is 58.3 Å². The molecule has 2 nitrogen and oxygen atoms in total. The lowest BCUT2D eigenvalue weighted by Crippen LogP contribution is -2.28. The number of hydrogen-bond donors (Lipinski definition) is 0. The van der Waals surface area contributed by atoms with Crippen molar-refractivity contribution < 1.29 is 8.98 Å². The van der Waals surface area contributed by atoms with Crippen LogP contribution in [0.15, 0.2) is 89.3 Å². The Bertz CT molecular complexity index is 1850. The first kappa shape index (κ1) is 17.9. The zero-order valence-electron chi connectivity index (χ0n) is 17.8. The average Bonchev–Trinajstić information content (AvgIpc) is 3.35. The van der Waals surface area contributed by atoms with Crippen molar-refractivity contribution in [2.75, 3.05) is 0 Å². The Morgan fingerprint density at radius 1 is 0.719 bits per heavy atom. The molecule has 0 aliphatic carbocycles. The van der Waals surface area contributed by atoms with Crippen molar-refractivity contribution in [1.82, 2.24) is 0 Å². The van der Waals surface area contributed by atoms with Gasteiger partial charge in [0.05, 0.1) is 10.9 Å². The number of rotatable bonds is 1. The molecule has 3 heteroatoms. The van der Waals surface area contributed by atoms with Crippen molar-refractivity contribution in [3.05, 3.63) is 90.5 Å². The highest BCUT2D eigenvalue weighted by atomic mass is 32.1. The molecule has 0 saturated carbocycles. The second kappa shape index (κ2) is 6.41. The van der Waals surface area contributed by atoms with Gasteiger partial charge in [0.25, 0.3) is 5.01 Å². The smallest absolute Gasteiger partial charge is 0.270 e. The Balaban J connectivity index is 1.63. The van der Waals surface area contributed by atoms with Crippen LogP contribution >= 0.6 is 11.3 Å². The van der Waals surface area contributed by atoms with Crippen LogP contribution < -0.4 is 4.57 Å². The van der Waals surface area contributed by atoms with E-state index in [2.05, 4.69) is 103 Å². The lowest BCUT2D eigenvalue weighted by molar-refractivity contribution is -0.629. The van der Waals surface area contributed by atoms with Gasteiger partial charge in [-0.25, -0.2) is 0 Å². The normalized spacial score (nSPS) is 12.1. The van der Waals surface area contributed by atoms with Gasteiger partial charge < -0.3 is 4.42 Å². The maximum atomic E-state index is 6.36. The molecule has 0 N–H and O–H groups in total. The fraction of sp³-hybridized carbons (Fsp3) is 0.0690. The van der Waals surface area contributed by atoms with E-state index in [0.717, 1.165) is 11.2 Å². The predicted molar refractivity (Wildman–Crippen MR) is 135 cm³/mol. The molecule has 0 fully saturated rings. The molecule has 2 heterocycles. The number of benzene rings is 5. The minimum atomic E-state index is 0.948. The summed E-state index contributed by atoms with van der Waals surface area (Å²) in [6.07, 6.45) is 0. The fourth-order valence-electron chi connectivity index (χ4n) is 5.02. The number of aryl methyl sites for hydroxylation is 2. The Hall–Kier alpha value is -3.69. The van der Waals surface area contributed by atoms with Crippen LogP contribution in [0.4, 0.5) is 0 Å². The summed E-state index contributed by atoms with van der Waals surface area (Å²) in [7, 11) is 2.16. The summed E-state index contributed by atoms with van der Waals surface area (Å²) in [5.74, 6) is 0. The highest BCUT2D eigenvalue weighted by Gasteiger charge is 2.24. The molecule has 0 amide bonds. The summed E-state index contributed by atoms with van der Waals surface area (Å²) >= 11 is 1.85. The molecule has 0 bridgehead atoms. The van der Waals surface area contributed by atoms with Gasteiger partial charge in [-0.2, -0.15) is 4.57 Å². The maximum absolute atomic E-state index is 6.36. The van der Waals surface area contributed by atoms with Gasteiger partial charge in [0.15, 0.2) is 0 Å². The Morgan fingerprint density at radius 3 is 2.44 bits per heavy atom. The molecule has 0 saturated heterocycles. The van der Waals surface area contributed by atoms with Gasteiger partial charge in [0.1, 0.15) is 22.9 Å². The summed E-state index contributed by atoms with van der Waals surface area (Å²) in [5.41, 5.74) is 5.71. The van der Waals surface area contributed by atoms with Gasteiger partial charge in [-0.15, -0.1) is 0 Å². The van der Waals surface area contributed by atoms with Crippen molar-refractivity contribution in [2.45, 2.75) is 6.92 Å². The molecule has 0 spiro atoms. The Morgan fingerprint density at radius 2 is 1.53 bits per heavy atom. The van der Waals surface area contributed by atoms with E-state index >= 15 is 0 Å². The molecular weight excluding hydrogens is 410 g/mol. The highest BCUT2D eigenvalue weighted by Crippen LogP contribution is 2.41. The van der Waals surface area contributed by atoms with Gasteiger partial charge >= 0.3 is 0 Å². The molecule has 2 aromatic heterocycles. The van der Waals surface area contributed by atoms with E-state index in [1.807, 2.05) is 11.3 Å². The van der Waals surface area contributed by atoms with Crippen molar-refractivity contribution in [3.8, 4) is 10.6 Å². The van der Waals surface area contributed by atoms with Crippen molar-refractivity contribution in [1.29, 1.82) is 0 Å². The summed E-state index contributed by atoms with van der Waals surface area (Å²) in [5, 5.41) is 8.71. The molecule has 0 atom stereocenters. The van der Waals surface area contributed by atoms with E-state index in [0.29, 0.717) is 0 Å². The van der Waals surface area contributed by atoms with Crippen LogP contribution in [0.5, 0.6) is 0 Å². The Labute approximate surface area is 188 Å². The van der Waals surface area contributed by atoms with Gasteiger partial charge in [-0.3, -0.25) is 0 Å². The number of furan rings is 1. The first-order valence-corrected chi connectivity index (χ1v) is 11.7. The largest absolute Gasteiger partial charge is 0.456 e. The van der Waals surface area contributed by atoms with E-state index in [9.17, 15) is 0 Å². The fourth-order valence-corrected chi connectivity index (χ4v) is 6.41. The molecule has 0 aliphatic heterocycles. The minimum absolute atomic E-state index is 0.948. The number of nitrogens with zero attached hydrogens (tertiary/aromatic N) is 1. The molecule has 7 aromatic rings. The molecule has 152 valence electrons. The monoisotopic (exact) mass is 430 g/mol. The maximum Gasteiger partial charge on any atom is 0.270 e. The van der Waals surface area contributed by atoms with E-state index in [4.69, 9.17) is 4.42 Å². The number of hydrogen-bond acceptors (Lipinski definition) is 2. The first-order chi connectivity index (χ1) is 15.7. The third-order valence-corrected chi connectivity index (χ3v) is 7.98. The first-order valence-electron chi connectivity index (χ1n) is 10.8. The summed E-state index contributed by atoms with van der Waals surface area (Å²) in [6, 6.07) is 30.4. The van der Waals surface area contributed by atoms with Crippen LogP contribution in [0.25, 0.3) is 64.3 Å². The molecule has 0 radical (unpaired) electrons. The van der Waals surface area contributed by atoms with Gasteiger partial charge in [-0.1, -0.05) is 65.9 Å². The number of fused-ring (bicyclic) bond motifs is 8. The van der Waals surface area contributed by atoms with Crippen LogP contribution in [0.3, 0.4) is 0 Å². The van der Waals surface area contributed by atoms with Gasteiger partial charge in [0.2, 0.25) is 5.52 Å². The summed E-state index contributed by atoms with van der Waals surface area (Å²) < 4.78 is 9.95. The highest BCUT2D eigenvalue weighted by molar-refractivity contribution is 7.22. The van der Waals surface area contributed by atoms with Crippen molar-refractivity contribution >= 4 is 65.0 Å². The zero-order valence-corrected chi connectivity index (χ0v) is 18.7. The van der Waals surface area contributed by atoms with E-state index in [-0.39, 0.29) is 0 Å². The second-order valence-corrected chi connectivity index (χ2v) is 9.53. The van der Waals surface area contributed by atoms with E-state index in [1.165, 1.54) is 58.7 Å². The standard InChI is InChI=1S/C29H20NOS/c1-17-7-3-5-9-20(17)29-30(2)24-13-14-25-27(28(24)32-29)23-16-22-19(15-26(23)31-25)12-11-18-8-4-6-10-21(18)22/h3-16H,1-2H3/q+1. The van der Waals surface area contributed by atoms with Crippen LogP contribution in [0.1, 0.15) is 5.56 Å².